The number of para-hydroxylation sites is 1. The number of amides is 2. The van der Waals surface area contributed by atoms with Crippen molar-refractivity contribution >= 4 is 29.8 Å². The van der Waals surface area contributed by atoms with Crippen LogP contribution in [0.1, 0.15) is 73.4 Å². The number of rotatable bonds is 8. The molecule has 1 fully saturated rings. The van der Waals surface area contributed by atoms with Gasteiger partial charge in [0.2, 0.25) is 0 Å². The Labute approximate surface area is 229 Å². The fourth-order valence-corrected chi connectivity index (χ4v) is 4.57. The van der Waals surface area contributed by atoms with E-state index in [0.29, 0.717) is 30.0 Å². The van der Waals surface area contributed by atoms with Gasteiger partial charge in [0.15, 0.2) is 0 Å². The lowest BCUT2D eigenvalue weighted by Gasteiger charge is -2.28. The molecular formula is C28H38ClN3O6. The van der Waals surface area contributed by atoms with Gasteiger partial charge in [-0.15, -0.1) is 0 Å². The molecule has 0 unspecified atom stereocenters. The second-order valence-corrected chi connectivity index (χ2v) is 11.9. The molecule has 1 aliphatic rings. The van der Waals surface area contributed by atoms with Crippen LogP contribution >= 0.6 is 11.6 Å². The molecule has 3 rings (SSSR count). The van der Waals surface area contributed by atoms with E-state index >= 15 is 0 Å². The molecule has 10 heteroatoms. The first-order valence-corrected chi connectivity index (χ1v) is 13.3. The van der Waals surface area contributed by atoms with Crippen molar-refractivity contribution in [1.29, 1.82) is 0 Å². The predicted octanol–water partition coefficient (Wildman–Crippen LogP) is 6.30. The van der Waals surface area contributed by atoms with E-state index in [0.717, 1.165) is 10.6 Å². The van der Waals surface area contributed by atoms with Gasteiger partial charge in [0.25, 0.3) is 0 Å². The second-order valence-electron chi connectivity index (χ2n) is 11.5. The Kier molecular flexibility index (Phi) is 8.81. The molecule has 38 heavy (non-hydrogen) atoms. The third-order valence-electron chi connectivity index (χ3n) is 6.08. The lowest BCUT2D eigenvalue weighted by Crippen LogP contribution is -2.44. The summed E-state index contributed by atoms with van der Waals surface area (Å²) in [5.41, 5.74) is -1.06. The molecule has 0 saturated heterocycles. The molecule has 0 spiro atoms. The third-order valence-corrected chi connectivity index (χ3v) is 6.40. The summed E-state index contributed by atoms with van der Waals surface area (Å²) in [6.07, 6.45) is 3.50. The van der Waals surface area contributed by atoms with Crippen LogP contribution in [0.15, 0.2) is 36.8 Å². The molecule has 0 aliphatic heterocycles. The number of carbonyl (C=O) groups excluding carboxylic acids is 3. The number of ether oxygens (including phenoxy) is 3. The maximum absolute atomic E-state index is 13.1. The lowest BCUT2D eigenvalue weighted by molar-refractivity contribution is -0.146. The van der Waals surface area contributed by atoms with Crippen molar-refractivity contribution in [1.82, 2.24) is 14.5 Å². The van der Waals surface area contributed by atoms with Crippen LogP contribution in [0.4, 0.5) is 9.59 Å². The summed E-state index contributed by atoms with van der Waals surface area (Å²) in [5.74, 6) is -0.388. The highest BCUT2D eigenvalue weighted by Crippen LogP contribution is 2.57. The van der Waals surface area contributed by atoms with Crippen LogP contribution in [0, 0.1) is 5.92 Å². The maximum Gasteiger partial charge on any atom is 0.419 e. The zero-order valence-electron chi connectivity index (χ0n) is 23.2. The topological polar surface area (TPSA) is 100.0 Å². The van der Waals surface area contributed by atoms with E-state index in [1.807, 2.05) is 24.4 Å². The summed E-state index contributed by atoms with van der Waals surface area (Å²) in [6, 6.07) is 7.39. The van der Waals surface area contributed by atoms with Gasteiger partial charge in [0.1, 0.15) is 16.6 Å². The number of imidazole rings is 1. The standard InChI is InChI=1S/C28H38ClN3O6/c1-8-36-23(33)28(22-17-31(18-30-22)21-14-10-9-13-20(21)29)16-19(28)12-11-15-32(24(34)37-26(2,3)4)25(35)38-27(5,6)7/h9-10,13-14,17-19H,8,11-12,15-16H2,1-7H3/t19-,28+/m0/s1. The molecule has 0 radical (unpaired) electrons. The summed E-state index contributed by atoms with van der Waals surface area (Å²) < 4.78 is 18.1. The van der Waals surface area contributed by atoms with Gasteiger partial charge in [-0.25, -0.2) is 19.5 Å². The quantitative estimate of drug-likeness (QED) is 0.282. The van der Waals surface area contributed by atoms with E-state index in [1.54, 1.807) is 65.4 Å². The number of hydrogen-bond acceptors (Lipinski definition) is 7. The average molecular weight is 548 g/mol. The number of aromatic nitrogens is 2. The summed E-state index contributed by atoms with van der Waals surface area (Å²) in [6.45, 7) is 12.5. The van der Waals surface area contributed by atoms with Crippen LogP contribution in [0.3, 0.4) is 0 Å². The van der Waals surface area contributed by atoms with Gasteiger partial charge in [0.05, 0.1) is 29.3 Å². The molecule has 208 valence electrons. The Morgan fingerprint density at radius 2 is 1.68 bits per heavy atom. The van der Waals surface area contributed by atoms with Crippen LogP contribution in [-0.2, 0) is 24.4 Å². The zero-order chi connectivity index (χ0) is 28.3. The monoisotopic (exact) mass is 547 g/mol. The molecule has 1 aliphatic carbocycles. The highest BCUT2D eigenvalue weighted by atomic mass is 35.5. The van der Waals surface area contributed by atoms with Crippen molar-refractivity contribution in [2.75, 3.05) is 13.2 Å². The minimum Gasteiger partial charge on any atom is -0.465 e. The van der Waals surface area contributed by atoms with E-state index < -0.39 is 28.8 Å². The van der Waals surface area contributed by atoms with Crippen LogP contribution in [0.5, 0.6) is 0 Å². The molecule has 2 atom stereocenters. The van der Waals surface area contributed by atoms with Gasteiger partial charge < -0.3 is 18.8 Å². The summed E-state index contributed by atoms with van der Waals surface area (Å²) >= 11 is 6.35. The van der Waals surface area contributed by atoms with Gasteiger partial charge >= 0.3 is 18.2 Å². The van der Waals surface area contributed by atoms with Crippen molar-refractivity contribution in [3.05, 3.63) is 47.5 Å². The molecule has 0 N–H and O–H groups in total. The van der Waals surface area contributed by atoms with Gasteiger partial charge in [-0.05, 0) is 85.8 Å². The highest BCUT2D eigenvalue weighted by molar-refractivity contribution is 6.32. The Morgan fingerprint density at radius 3 is 2.24 bits per heavy atom. The summed E-state index contributed by atoms with van der Waals surface area (Å²) in [4.78, 5) is 44.2. The Morgan fingerprint density at radius 1 is 1.08 bits per heavy atom. The number of carbonyl (C=O) groups is 3. The van der Waals surface area contributed by atoms with E-state index in [1.165, 1.54) is 0 Å². The highest BCUT2D eigenvalue weighted by Gasteiger charge is 2.63. The summed E-state index contributed by atoms with van der Waals surface area (Å²) in [7, 11) is 0. The van der Waals surface area contributed by atoms with Crippen molar-refractivity contribution < 1.29 is 28.6 Å². The zero-order valence-corrected chi connectivity index (χ0v) is 24.0. The second kappa shape index (κ2) is 11.4. The minimum absolute atomic E-state index is 0.0599. The number of esters is 1. The molecule has 0 bridgehead atoms. The van der Waals surface area contributed by atoms with Crippen LogP contribution in [0.2, 0.25) is 5.02 Å². The number of halogens is 1. The fraction of sp³-hybridized carbons (Fsp3) is 0.571. The van der Waals surface area contributed by atoms with Crippen molar-refractivity contribution in [2.45, 2.75) is 84.3 Å². The van der Waals surface area contributed by atoms with Gasteiger partial charge in [-0.2, -0.15) is 0 Å². The minimum atomic E-state index is -0.884. The van der Waals surface area contributed by atoms with Crippen LogP contribution in [-0.4, -0.2) is 57.0 Å². The lowest BCUT2D eigenvalue weighted by atomic mass is 9.97. The Balaban J connectivity index is 1.75. The molecule has 1 aromatic heterocycles. The van der Waals surface area contributed by atoms with Crippen LogP contribution < -0.4 is 0 Å². The molecular weight excluding hydrogens is 510 g/mol. The van der Waals surface area contributed by atoms with Gasteiger partial charge in [0, 0.05) is 12.7 Å². The normalized spacial score (nSPS) is 19.0. The number of benzene rings is 1. The Hall–Kier alpha value is -3.07. The Bertz CT molecular complexity index is 1140. The first-order chi connectivity index (χ1) is 17.7. The number of hydrogen-bond donors (Lipinski definition) is 0. The first kappa shape index (κ1) is 29.5. The van der Waals surface area contributed by atoms with Crippen molar-refractivity contribution in [3.63, 3.8) is 0 Å². The molecule has 2 amide bonds. The van der Waals surface area contributed by atoms with Gasteiger partial charge in [-0.3, -0.25) is 4.79 Å². The predicted molar refractivity (Wildman–Crippen MR) is 143 cm³/mol. The fourth-order valence-electron chi connectivity index (χ4n) is 4.34. The van der Waals surface area contributed by atoms with E-state index in [-0.39, 0.29) is 25.0 Å². The third kappa shape index (κ3) is 7.07. The van der Waals surface area contributed by atoms with Crippen molar-refractivity contribution in [3.8, 4) is 5.69 Å². The van der Waals surface area contributed by atoms with E-state index in [9.17, 15) is 14.4 Å². The molecule has 1 heterocycles. The van der Waals surface area contributed by atoms with Crippen LogP contribution in [0.25, 0.3) is 5.69 Å². The summed E-state index contributed by atoms with van der Waals surface area (Å²) in [5, 5.41) is 0.568. The molecule has 1 aromatic carbocycles. The SMILES string of the molecule is CCOC(=O)[C@]1(c2cn(-c3ccccc3Cl)cn2)C[C@@H]1CCCN(C(=O)OC(C)(C)C)C(=O)OC(C)(C)C. The average Bonchev–Trinajstić information content (AvgIpc) is 3.31. The van der Waals surface area contributed by atoms with E-state index in [2.05, 4.69) is 4.98 Å². The van der Waals surface area contributed by atoms with Crippen molar-refractivity contribution in [2.24, 2.45) is 5.92 Å². The number of nitrogens with zero attached hydrogens (tertiary/aromatic N) is 3. The van der Waals surface area contributed by atoms with Gasteiger partial charge in [-0.1, -0.05) is 23.7 Å². The van der Waals surface area contributed by atoms with E-state index in [4.69, 9.17) is 25.8 Å². The molecule has 9 nitrogen and oxygen atoms in total. The maximum atomic E-state index is 13.1. The largest absolute Gasteiger partial charge is 0.465 e. The smallest absolute Gasteiger partial charge is 0.419 e. The number of imide groups is 1. The first-order valence-electron chi connectivity index (χ1n) is 12.9. The molecule has 2 aromatic rings. The molecule has 1 saturated carbocycles.